The molecular formula is C44H80N4O14. The summed E-state index contributed by atoms with van der Waals surface area (Å²) in [6.07, 6.45) is 18.0. The number of likely N-dealkylation sites (N-methyl/N-ethyl adjacent to an activating group) is 1. The fourth-order valence-corrected chi connectivity index (χ4v) is 6.47. The highest BCUT2D eigenvalue weighted by Gasteiger charge is 2.21. The average Bonchev–Trinajstić information content (AvgIpc) is 3.24. The summed E-state index contributed by atoms with van der Waals surface area (Å²) in [6.45, 7) is 1.31. The lowest BCUT2D eigenvalue weighted by atomic mass is 10.0. The number of carbonyl (C=O) groups excluding carboxylic acids is 5. The van der Waals surface area contributed by atoms with E-state index in [0.29, 0.717) is 45.1 Å². The largest absolute Gasteiger partial charge is 0.481 e. The number of hydrogen-bond acceptors (Lipinski definition) is 13. The van der Waals surface area contributed by atoms with Gasteiger partial charge in [0.2, 0.25) is 17.7 Å². The maximum absolute atomic E-state index is 12.8. The maximum Gasteiger partial charge on any atom is 0.303 e. The van der Waals surface area contributed by atoms with Gasteiger partial charge in [0.15, 0.2) is 11.6 Å². The highest BCUT2D eigenvalue weighted by atomic mass is 16.5. The fourth-order valence-electron chi connectivity index (χ4n) is 6.47. The van der Waals surface area contributed by atoms with Crippen LogP contribution in [0.2, 0.25) is 0 Å². The second-order valence-corrected chi connectivity index (χ2v) is 15.5. The van der Waals surface area contributed by atoms with Gasteiger partial charge in [-0.3, -0.25) is 33.6 Å². The highest BCUT2D eigenvalue weighted by Crippen LogP contribution is 2.14. The topological polar surface area (TPSA) is 265 Å². The molecule has 0 aliphatic carbocycles. The maximum atomic E-state index is 12.8. The molecule has 18 heteroatoms. The van der Waals surface area contributed by atoms with Gasteiger partial charge in [0.25, 0.3) is 0 Å². The van der Waals surface area contributed by atoms with Crippen LogP contribution in [0, 0.1) is 0 Å². The van der Waals surface area contributed by atoms with Gasteiger partial charge in [0.1, 0.15) is 19.8 Å². The molecule has 0 unspecified atom stereocenters. The number of aliphatic carboxylic acids is 2. The lowest BCUT2D eigenvalue weighted by Gasteiger charge is -2.17. The van der Waals surface area contributed by atoms with Crippen molar-refractivity contribution in [2.45, 2.75) is 160 Å². The van der Waals surface area contributed by atoms with Crippen LogP contribution in [-0.4, -0.2) is 148 Å². The summed E-state index contributed by atoms with van der Waals surface area (Å²) < 4.78 is 21.5. The van der Waals surface area contributed by atoms with Crippen molar-refractivity contribution in [2.75, 3.05) is 79.6 Å². The molecule has 2 atom stereocenters. The molecule has 0 bridgehead atoms. The number of aliphatic hydroxyl groups excluding tert-OH is 1. The number of hydrogen-bond donors (Lipinski definition) is 7. The number of amides is 3. The van der Waals surface area contributed by atoms with Crippen molar-refractivity contribution in [3.8, 4) is 0 Å². The van der Waals surface area contributed by atoms with Gasteiger partial charge in [-0.05, 0) is 52.0 Å². The molecule has 0 radical (unpaired) electrons. The van der Waals surface area contributed by atoms with Crippen LogP contribution >= 0.6 is 0 Å². The first-order chi connectivity index (χ1) is 30.0. The molecule has 0 saturated heterocycles. The van der Waals surface area contributed by atoms with Crippen LogP contribution in [0.5, 0.6) is 0 Å². The molecule has 0 aromatic rings. The Balaban J connectivity index is 3.83. The van der Waals surface area contributed by atoms with Crippen molar-refractivity contribution in [2.24, 2.45) is 0 Å². The molecule has 0 aromatic heterocycles. The van der Waals surface area contributed by atoms with Crippen molar-refractivity contribution in [1.29, 1.82) is 0 Å². The van der Waals surface area contributed by atoms with Crippen molar-refractivity contribution in [3.63, 3.8) is 0 Å². The Morgan fingerprint density at radius 1 is 0.435 bits per heavy atom. The zero-order valence-electron chi connectivity index (χ0n) is 37.5. The molecule has 0 fully saturated rings. The van der Waals surface area contributed by atoms with Crippen molar-refractivity contribution >= 4 is 41.2 Å². The zero-order valence-corrected chi connectivity index (χ0v) is 37.5. The summed E-state index contributed by atoms with van der Waals surface area (Å²) in [5.74, 6) is -3.06. The summed E-state index contributed by atoms with van der Waals surface area (Å²) in [6, 6.07) is -1.24. The summed E-state index contributed by atoms with van der Waals surface area (Å²) in [5.41, 5.74) is 0. The normalized spacial score (nSPS) is 12.1. The number of rotatable bonds is 47. The van der Waals surface area contributed by atoms with E-state index in [-0.39, 0.29) is 120 Å². The molecule has 18 nitrogen and oxygen atoms in total. The Kier molecular flexibility index (Phi) is 40.3. The molecule has 0 aliphatic rings. The van der Waals surface area contributed by atoms with E-state index in [1.165, 1.54) is 44.9 Å². The van der Waals surface area contributed by atoms with E-state index in [2.05, 4.69) is 21.3 Å². The van der Waals surface area contributed by atoms with Gasteiger partial charge in [-0.25, -0.2) is 0 Å². The Morgan fingerprint density at radius 2 is 0.919 bits per heavy atom. The van der Waals surface area contributed by atoms with Crippen molar-refractivity contribution < 1.29 is 67.8 Å². The van der Waals surface area contributed by atoms with E-state index in [0.717, 1.165) is 38.5 Å². The summed E-state index contributed by atoms with van der Waals surface area (Å²) in [4.78, 5) is 82.4. The lowest BCUT2D eigenvalue weighted by Crippen LogP contribution is -2.41. The van der Waals surface area contributed by atoms with Crippen molar-refractivity contribution in [1.82, 2.24) is 21.3 Å². The van der Waals surface area contributed by atoms with E-state index >= 15 is 0 Å². The Bertz CT molecular complexity index is 1210. The number of carbonyl (C=O) groups is 7. The quantitative estimate of drug-likeness (QED) is 0.0431. The second kappa shape index (κ2) is 42.7. The Labute approximate surface area is 369 Å². The van der Waals surface area contributed by atoms with E-state index in [1.54, 1.807) is 7.05 Å². The standard InChI is InChI=1S/C44H80N4O14/c1-45-36(39(51)33-49)19-16-17-25-46-41(53)34-62-32-30-60-28-26-47-42(54)35-61-31-29-59-27-18-20-38(50)37(23-24-44(57)58)48-40(52)21-14-12-10-8-6-4-2-3-5-7-9-11-13-15-22-43(55)56/h36-37,45,49H,2-35H2,1H3,(H,46,53)(H,47,54)(H,48,52)(H,55,56)(H,57,58)/t36-,37-/m0/s1. The van der Waals surface area contributed by atoms with Crippen molar-refractivity contribution in [3.05, 3.63) is 0 Å². The number of carboxylic acid groups (broad SMARTS) is 2. The summed E-state index contributed by atoms with van der Waals surface area (Å²) in [5, 5.41) is 37.7. The van der Waals surface area contributed by atoms with Gasteiger partial charge in [-0.15, -0.1) is 0 Å². The molecule has 62 heavy (non-hydrogen) atoms. The van der Waals surface area contributed by atoms with Gasteiger partial charge in [0.05, 0.1) is 45.1 Å². The molecule has 0 aromatic carbocycles. The minimum Gasteiger partial charge on any atom is -0.481 e. The summed E-state index contributed by atoms with van der Waals surface area (Å²) >= 11 is 0. The predicted molar refractivity (Wildman–Crippen MR) is 233 cm³/mol. The van der Waals surface area contributed by atoms with Gasteiger partial charge in [0, 0.05) is 45.4 Å². The number of aliphatic hydroxyl groups is 1. The molecule has 0 aliphatic heterocycles. The smallest absolute Gasteiger partial charge is 0.303 e. The van der Waals surface area contributed by atoms with Crippen LogP contribution in [0.25, 0.3) is 0 Å². The second-order valence-electron chi connectivity index (χ2n) is 15.5. The monoisotopic (exact) mass is 889 g/mol. The van der Waals surface area contributed by atoms with E-state index in [9.17, 15) is 33.6 Å². The Hall–Kier alpha value is -3.55. The molecule has 7 N–H and O–H groups in total. The number of ether oxygens (including phenoxy) is 4. The fraction of sp³-hybridized carbons (Fsp3) is 0.841. The number of carboxylic acids is 2. The van der Waals surface area contributed by atoms with Crippen LogP contribution in [0.3, 0.4) is 0 Å². The Morgan fingerprint density at radius 3 is 1.44 bits per heavy atom. The molecule has 3 amide bonds. The first kappa shape index (κ1) is 58.5. The van der Waals surface area contributed by atoms with Crippen LogP contribution in [0.4, 0.5) is 0 Å². The van der Waals surface area contributed by atoms with E-state index in [4.69, 9.17) is 34.3 Å². The molecule has 360 valence electrons. The third kappa shape index (κ3) is 39.3. The van der Waals surface area contributed by atoms with Gasteiger partial charge in [-0.2, -0.15) is 0 Å². The molecule has 0 spiro atoms. The molecule has 0 rings (SSSR count). The van der Waals surface area contributed by atoms with Crippen LogP contribution in [0.15, 0.2) is 0 Å². The van der Waals surface area contributed by atoms with E-state index < -0.39 is 24.6 Å². The van der Waals surface area contributed by atoms with Crippen LogP contribution in [0.1, 0.15) is 148 Å². The lowest BCUT2D eigenvalue weighted by molar-refractivity contribution is -0.138. The highest BCUT2D eigenvalue weighted by molar-refractivity contribution is 5.89. The number of nitrogens with one attached hydrogen (secondary N) is 4. The van der Waals surface area contributed by atoms with Gasteiger partial charge >= 0.3 is 11.9 Å². The first-order valence-electron chi connectivity index (χ1n) is 22.9. The molecule has 0 heterocycles. The van der Waals surface area contributed by atoms with Crippen LogP contribution < -0.4 is 21.3 Å². The minimum atomic E-state index is -1.03. The number of unbranched alkanes of at least 4 members (excludes halogenated alkanes) is 14. The van der Waals surface area contributed by atoms with Crippen LogP contribution in [-0.2, 0) is 52.5 Å². The third-order valence-corrected chi connectivity index (χ3v) is 10.0. The van der Waals surface area contributed by atoms with E-state index in [1.807, 2.05) is 0 Å². The SMILES string of the molecule is CN[C@@H](CCCCNC(=O)COCCOCCNC(=O)COCCOCCCC(=O)[C@H](CCC(=O)O)NC(=O)CCCCCCCCCCCCCCCCC(=O)O)C(=O)CO. The van der Waals surface area contributed by atoms with Gasteiger partial charge < -0.3 is 55.5 Å². The molecular weight excluding hydrogens is 808 g/mol. The summed E-state index contributed by atoms with van der Waals surface area (Å²) in [7, 11) is 1.66. The average molecular weight is 889 g/mol. The number of ketones is 2. The predicted octanol–water partition coefficient (Wildman–Crippen LogP) is 3.63. The van der Waals surface area contributed by atoms with Gasteiger partial charge in [-0.1, -0.05) is 77.0 Å². The first-order valence-corrected chi connectivity index (χ1v) is 22.9. The molecule has 0 saturated carbocycles. The zero-order chi connectivity index (χ0) is 45.9. The minimum absolute atomic E-state index is 0.0323. The third-order valence-electron chi connectivity index (χ3n) is 10.0. The number of Topliss-reactive ketones (excluding diaryl/α,β-unsaturated/α-hetero) is 2.